The van der Waals surface area contributed by atoms with E-state index in [2.05, 4.69) is 38.0 Å². The maximum Gasteiger partial charge on any atom is 0.0249 e. The van der Waals surface area contributed by atoms with Crippen LogP contribution in [-0.4, -0.2) is 36.6 Å². The number of nitrogens with zero attached hydrogens (tertiary/aromatic N) is 1. The van der Waals surface area contributed by atoms with Gasteiger partial charge in [-0.25, -0.2) is 0 Å². The molecule has 0 aromatic rings. The van der Waals surface area contributed by atoms with Crippen LogP contribution < -0.4 is 5.32 Å². The highest BCUT2D eigenvalue weighted by Gasteiger charge is 2.27. The van der Waals surface area contributed by atoms with E-state index in [0.29, 0.717) is 12.1 Å². The van der Waals surface area contributed by atoms with Gasteiger partial charge in [0, 0.05) is 18.1 Å². The first kappa shape index (κ1) is 15.0. The highest BCUT2D eigenvalue weighted by Crippen LogP contribution is 2.23. The lowest BCUT2D eigenvalue weighted by atomic mass is 9.90. The molecule has 3 atom stereocenters. The molecule has 0 aromatic heterocycles. The summed E-state index contributed by atoms with van der Waals surface area (Å²) in [6.45, 7) is 8.00. The van der Waals surface area contributed by atoms with Gasteiger partial charge < -0.3 is 5.32 Å². The van der Waals surface area contributed by atoms with Crippen LogP contribution in [0.4, 0.5) is 0 Å². The summed E-state index contributed by atoms with van der Waals surface area (Å²) in [6, 6.07) is 2.16. The summed E-state index contributed by atoms with van der Waals surface area (Å²) >= 11 is 0. The van der Waals surface area contributed by atoms with Gasteiger partial charge in [-0.1, -0.05) is 39.5 Å². The molecule has 1 N–H and O–H groups in total. The van der Waals surface area contributed by atoms with Gasteiger partial charge in [-0.05, 0) is 39.8 Å². The predicted octanol–water partition coefficient (Wildman–Crippen LogP) is 3.42. The van der Waals surface area contributed by atoms with Crippen molar-refractivity contribution in [1.82, 2.24) is 10.2 Å². The van der Waals surface area contributed by atoms with E-state index in [-0.39, 0.29) is 0 Å². The molecule has 0 spiro atoms. The molecular formula is C15H32N2. The van der Waals surface area contributed by atoms with Crippen molar-refractivity contribution in [2.45, 2.75) is 83.8 Å². The van der Waals surface area contributed by atoms with Gasteiger partial charge in [0.1, 0.15) is 0 Å². The average Bonchev–Trinajstić information content (AvgIpc) is 2.31. The van der Waals surface area contributed by atoms with Crippen LogP contribution in [0.25, 0.3) is 0 Å². The normalized spacial score (nSPS) is 28.8. The molecule has 0 amide bonds. The second-order valence-corrected chi connectivity index (χ2v) is 5.65. The number of hydrogen-bond acceptors (Lipinski definition) is 2. The molecule has 2 nitrogen and oxygen atoms in total. The van der Waals surface area contributed by atoms with Gasteiger partial charge in [-0.15, -0.1) is 0 Å². The minimum absolute atomic E-state index is 0.708. The first-order valence-corrected chi connectivity index (χ1v) is 7.66. The predicted molar refractivity (Wildman–Crippen MR) is 76.5 cm³/mol. The van der Waals surface area contributed by atoms with Crippen LogP contribution in [0.5, 0.6) is 0 Å². The van der Waals surface area contributed by atoms with E-state index in [0.717, 1.165) is 12.6 Å². The first-order valence-electron chi connectivity index (χ1n) is 7.66. The average molecular weight is 240 g/mol. The van der Waals surface area contributed by atoms with Crippen molar-refractivity contribution in [3.63, 3.8) is 0 Å². The zero-order valence-corrected chi connectivity index (χ0v) is 12.3. The Morgan fingerprint density at radius 1 is 1.12 bits per heavy atom. The molecular weight excluding hydrogens is 208 g/mol. The first-order chi connectivity index (χ1) is 8.20. The molecule has 1 rings (SSSR count). The van der Waals surface area contributed by atoms with E-state index in [4.69, 9.17) is 0 Å². The summed E-state index contributed by atoms with van der Waals surface area (Å²) in [5, 5.41) is 3.72. The lowest BCUT2D eigenvalue weighted by molar-refractivity contribution is 0.122. The summed E-state index contributed by atoms with van der Waals surface area (Å²) in [5.74, 6) is 0. The Bertz CT molecular complexity index is 193. The summed E-state index contributed by atoms with van der Waals surface area (Å²) in [5.41, 5.74) is 0. The van der Waals surface area contributed by atoms with Crippen LogP contribution in [0, 0.1) is 0 Å². The molecule has 0 radical (unpaired) electrons. The third-order valence-electron chi connectivity index (χ3n) is 4.50. The van der Waals surface area contributed by atoms with Gasteiger partial charge in [0.2, 0.25) is 0 Å². The third kappa shape index (κ3) is 4.59. The van der Waals surface area contributed by atoms with Crippen LogP contribution in [-0.2, 0) is 0 Å². The van der Waals surface area contributed by atoms with E-state index in [1.807, 2.05) is 0 Å². The van der Waals surface area contributed by atoms with Crippen LogP contribution in [0.3, 0.4) is 0 Å². The molecule has 3 unspecified atom stereocenters. The van der Waals surface area contributed by atoms with Crippen LogP contribution in [0.2, 0.25) is 0 Å². The maximum atomic E-state index is 3.72. The van der Waals surface area contributed by atoms with Gasteiger partial charge in [0.25, 0.3) is 0 Å². The van der Waals surface area contributed by atoms with Gasteiger partial charge in [0.15, 0.2) is 0 Å². The molecule has 0 bridgehead atoms. The fraction of sp³-hybridized carbons (Fsp3) is 1.00. The van der Waals surface area contributed by atoms with E-state index in [9.17, 15) is 0 Å². The SMILES string of the molecule is CCNC1CCCCCCC1N(C)C(C)CC. The Labute approximate surface area is 108 Å². The summed E-state index contributed by atoms with van der Waals surface area (Å²) < 4.78 is 0. The Balaban J connectivity index is 2.64. The zero-order chi connectivity index (χ0) is 12.7. The Hall–Kier alpha value is -0.0800. The van der Waals surface area contributed by atoms with Crippen molar-refractivity contribution in [2.24, 2.45) is 0 Å². The molecule has 0 aromatic carbocycles. The van der Waals surface area contributed by atoms with Crippen LogP contribution in [0.1, 0.15) is 65.7 Å². The number of nitrogens with one attached hydrogen (secondary N) is 1. The molecule has 1 aliphatic rings. The second-order valence-electron chi connectivity index (χ2n) is 5.65. The third-order valence-corrected chi connectivity index (χ3v) is 4.50. The number of likely N-dealkylation sites (N-methyl/N-ethyl adjacent to an activating group) is 2. The highest BCUT2D eigenvalue weighted by atomic mass is 15.2. The van der Waals surface area contributed by atoms with E-state index in [1.54, 1.807) is 0 Å². The van der Waals surface area contributed by atoms with Crippen molar-refractivity contribution in [3.05, 3.63) is 0 Å². The topological polar surface area (TPSA) is 15.3 Å². The van der Waals surface area contributed by atoms with Gasteiger partial charge in [-0.2, -0.15) is 0 Å². The smallest absolute Gasteiger partial charge is 0.0249 e. The monoisotopic (exact) mass is 240 g/mol. The maximum absolute atomic E-state index is 3.72. The van der Waals surface area contributed by atoms with Crippen LogP contribution >= 0.6 is 0 Å². The highest BCUT2D eigenvalue weighted by molar-refractivity contribution is 4.86. The Kier molecular flexibility index (Phi) is 7.14. The van der Waals surface area contributed by atoms with E-state index >= 15 is 0 Å². The molecule has 102 valence electrons. The van der Waals surface area contributed by atoms with E-state index < -0.39 is 0 Å². The molecule has 17 heavy (non-hydrogen) atoms. The van der Waals surface area contributed by atoms with Gasteiger partial charge in [-0.3, -0.25) is 4.90 Å². The quantitative estimate of drug-likeness (QED) is 0.792. The second kappa shape index (κ2) is 8.10. The molecule has 2 heteroatoms. The summed E-state index contributed by atoms with van der Waals surface area (Å²) in [4.78, 5) is 2.62. The number of rotatable bonds is 5. The Morgan fingerprint density at radius 2 is 1.76 bits per heavy atom. The van der Waals surface area contributed by atoms with Crippen molar-refractivity contribution in [1.29, 1.82) is 0 Å². The standard InChI is InChI=1S/C15H32N2/c1-5-13(3)17(4)15-12-10-8-7-9-11-14(15)16-6-2/h13-16H,5-12H2,1-4H3. The van der Waals surface area contributed by atoms with Gasteiger partial charge in [0.05, 0.1) is 0 Å². The molecule has 1 aliphatic carbocycles. The zero-order valence-electron chi connectivity index (χ0n) is 12.3. The minimum Gasteiger partial charge on any atom is -0.313 e. The van der Waals surface area contributed by atoms with Crippen molar-refractivity contribution >= 4 is 0 Å². The van der Waals surface area contributed by atoms with E-state index in [1.165, 1.54) is 44.9 Å². The molecule has 0 saturated heterocycles. The minimum atomic E-state index is 0.708. The largest absolute Gasteiger partial charge is 0.313 e. The molecule has 0 aliphatic heterocycles. The van der Waals surface area contributed by atoms with Crippen molar-refractivity contribution in [3.8, 4) is 0 Å². The fourth-order valence-corrected chi connectivity index (χ4v) is 3.07. The van der Waals surface area contributed by atoms with Crippen molar-refractivity contribution in [2.75, 3.05) is 13.6 Å². The molecule has 1 fully saturated rings. The number of hydrogen-bond donors (Lipinski definition) is 1. The lowest BCUT2D eigenvalue weighted by Gasteiger charge is -2.39. The fourth-order valence-electron chi connectivity index (χ4n) is 3.07. The summed E-state index contributed by atoms with van der Waals surface area (Å²) in [7, 11) is 2.32. The lowest BCUT2D eigenvalue weighted by Crippen LogP contribution is -2.51. The molecule has 1 saturated carbocycles. The van der Waals surface area contributed by atoms with Crippen molar-refractivity contribution < 1.29 is 0 Å². The Morgan fingerprint density at radius 3 is 2.35 bits per heavy atom. The van der Waals surface area contributed by atoms with Crippen LogP contribution in [0.15, 0.2) is 0 Å². The summed E-state index contributed by atoms with van der Waals surface area (Å²) in [6.07, 6.45) is 9.67. The molecule has 0 heterocycles. The van der Waals surface area contributed by atoms with Gasteiger partial charge >= 0.3 is 0 Å².